The summed E-state index contributed by atoms with van der Waals surface area (Å²) in [6.45, 7) is 4.18. The molecule has 1 N–H and O–H groups in total. The molecular formula is C17H18ClN3O3S. The molecule has 0 fully saturated rings. The molecule has 1 aliphatic heterocycles. The molecule has 8 heteroatoms. The molecule has 0 radical (unpaired) electrons. The van der Waals surface area contributed by atoms with Crippen molar-refractivity contribution in [2.24, 2.45) is 5.16 Å². The molecule has 0 unspecified atom stereocenters. The third-order valence-corrected chi connectivity index (χ3v) is 5.70. The summed E-state index contributed by atoms with van der Waals surface area (Å²) in [5.41, 5.74) is 2.99. The summed E-state index contributed by atoms with van der Waals surface area (Å²) >= 11 is 8.08. The van der Waals surface area contributed by atoms with Crippen LogP contribution < -0.4 is 0 Å². The number of nitrogens with zero attached hydrogens (tertiary/aromatic N) is 3. The molecule has 1 aliphatic rings. The van der Waals surface area contributed by atoms with Crippen LogP contribution in [0.5, 0.6) is 5.88 Å². The second-order valence-electron chi connectivity index (χ2n) is 5.58. The van der Waals surface area contributed by atoms with Crippen LogP contribution in [-0.4, -0.2) is 39.2 Å². The lowest BCUT2D eigenvalue weighted by atomic mass is 9.93. The summed E-state index contributed by atoms with van der Waals surface area (Å²) in [6, 6.07) is 1.66. The summed E-state index contributed by atoms with van der Waals surface area (Å²) in [6.07, 6.45) is 2.12. The van der Waals surface area contributed by atoms with E-state index in [1.807, 2.05) is 13.8 Å². The van der Waals surface area contributed by atoms with Crippen molar-refractivity contribution in [1.82, 2.24) is 9.78 Å². The number of halogens is 1. The van der Waals surface area contributed by atoms with Gasteiger partial charge < -0.3 is 9.94 Å². The number of carbonyl (C=O) groups excluding carboxylic acids is 1. The topological polar surface area (TPSA) is 76.7 Å². The van der Waals surface area contributed by atoms with Gasteiger partial charge in [-0.25, -0.2) is 4.68 Å². The molecule has 132 valence electrons. The van der Waals surface area contributed by atoms with E-state index in [4.69, 9.17) is 16.4 Å². The maximum absolute atomic E-state index is 13.0. The predicted octanol–water partition coefficient (Wildman–Crippen LogP) is 3.65. The Hall–Kier alpha value is -1.99. The fraction of sp³-hybridized carbons (Fsp3) is 0.353. The first-order valence-corrected chi connectivity index (χ1v) is 9.21. The van der Waals surface area contributed by atoms with Crippen molar-refractivity contribution in [3.8, 4) is 5.88 Å². The molecule has 0 saturated carbocycles. The molecule has 0 amide bonds. The maximum atomic E-state index is 13.0. The van der Waals surface area contributed by atoms with Crippen LogP contribution >= 0.6 is 23.4 Å². The number of aryl methyl sites for hydroxylation is 1. The van der Waals surface area contributed by atoms with Crippen molar-refractivity contribution < 1.29 is 14.7 Å². The first-order valence-electron chi connectivity index (χ1n) is 7.85. The number of fused-ring (bicyclic) bond motifs is 1. The first-order chi connectivity index (χ1) is 12.0. The van der Waals surface area contributed by atoms with Gasteiger partial charge in [0, 0.05) is 34.7 Å². The van der Waals surface area contributed by atoms with Gasteiger partial charge in [-0.15, -0.1) is 11.8 Å². The van der Waals surface area contributed by atoms with Crippen molar-refractivity contribution in [2.75, 3.05) is 12.9 Å². The Bertz CT molecular complexity index is 877. The first kappa shape index (κ1) is 17.8. The lowest BCUT2D eigenvalue weighted by molar-refractivity contribution is 0.103. The monoisotopic (exact) mass is 379 g/mol. The highest BCUT2D eigenvalue weighted by atomic mass is 35.5. The minimum atomic E-state index is -0.313. The Kier molecular flexibility index (Phi) is 5.06. The Balaban J connectivity index is 2.16. The van der Waals surface area contributed by atoms with E-state index in [0.29, 0.717) is 17.1 Å². The minimum absolute atomic E-state index is 0.138. The van der Waals surface area contributed by atoms with Gasteiger partial charge in [-0.2, -0.15) is 5.10 Å². The van der Waals surface area contributed by atoms with Gasteiger partial charge in [0.15, 0.2) is 5.78 Å². The number of oxime groups is 1. The van der Waals surface area contributed by atoms with Crippen molar-refractivity contribution in [3.63, 3.8) is 0 Å². The number of carbonyl (C=O) groups is 1. The molecule has 1 aromatic heterocycles. The van der Waals surface area contributed by atoms with Gasteiger partial charge in [0.2, 0.25) is 5.88 Å². The molecule has 25 heavy (non-hydrogen) atoms. The SMILES string of the molecule is CCn1ncc(C(=O)c2cc(Cl)c3c(c2C)/C(=N/OC)CCS3)c1O. The molecule has 0 bridgehead atoms. The van der Waals surface area contributed by atoms with Crippen LogP contribution in [0.4, 0.5) is 0 Å². The van der Waals surface area contributed by atoms with Crippen molar-refractivity contribution >= 4 is 34.9 Å². The second-order valence-corrected chi connectivity index (χ2v) is 7.09. The van der Waals surface area contributed by atoms with Crippen LogP contribution in [0.1, 0.15) is 40.4 Å². The van der Waals surface area contributed by atoms with Gasteiger partial charge in [-0.3, -0.25) is 4.79 Å². The second kappa shape index (κ2) is 7.09. The fourth-order valence-corrected chi connectivity index (χ4v) is 4.42. The van der Waals surface area contributed by atoms with Gasteiger partial charge in [0.25, 0.3) is 0 Å². The number of aromatic hydroxyl groups is 1. The molecule has 3 rings (SSSR count). The highest BCUT2D eigenvalue weighted by Crippen LogP contribution is 2.40. The van der Waals surface area contributed by atoms with Crippen LogP contribution in [-0.2, 0) is 11.4 Å². The molecule has 0 spiro atoms. The van der Waals surface area contributed by atoms with E-state index in [-0.39, 0.29) is 17.2 Å². The van der Waals surface area contributed by atoms with Gasteiger partial charge in [0.1, 0.15) is 12.7 Å². The van der Waals surface area contributed by atoms with Crippen LogP contribution in [0.2, 0.25) is 5.02 Å². The van der Waals surface area contributed by atoms with Gasteiger partial charge in [0.05, 0.1) is 16.9 Å². The van der Waals surface area contributed by atoms with E-state index in [1.54, 1.807) is 17.8 Å². The van der Waals surface area contributed by atoms with Crippen LogP contribution in [0.25, 0.3) is 0 Å². The Morgan fingerprint density at radius 1 is 1.52 bits per heavy atom. The van der Waals surface area contributed by atoms with Crippen molar-refractivity contribution in [1.29, 1.82) is 0 Å². The van der Waals surface area contributed by atoms with Crippen LogP contribution in [0.15, 0.2) is 22.3 Å². The normalized spacial score (nSPS) is 15.3. The average Bonchev–Trinajstić information content (AvgIpc) is 2.98. The van der Waals surface area contributed by atoms with E-state index < -0.39 is 0 Å². The fourth-order valence-electron chi connectivity index (χ4n) is 2.94. The molecule has 6 nitrogen and oxygen atoms in total. The molecule has 0 atom stereocenters. The number of hydrogen-bond donors (Lipinski definition) is 1. The van der Waals surface area contributed by atoms with E-state index in [0.717, 1.165) is 33.9 Å². The Morgan fingerprint density at radius 3 is 2.92 bits per heavy atom. The minimum Gasteiger partial charge on any atom is -0.493 e. The zero-order valence-electron chi connectivity index (χ0n) is 14.2. The van der Waals surface area contributed by atoms with E-state index >= 15 is 0 Å². The molecular weight excluding hydrogens is 362 g/mol. The number of hydrogen-bond acceptors (Lipinski definition) is 6. The van der Waals surface area contributed by atoms with Gasteiger partial charge >= 0.3 is 0 Å². The third kappa shape index (κ3) is 3.02. The van der Waals surface area contributed by atoms with Crippen molar-refractivity contribution in [2.45, 2.75) is 31.7 Å². The largest absolute Gasteiger partial charge is 0.493 e. The van der Waals surface area contributed by atoms with Gasteiger partial charge in [-0.05, 0) is 25.5 Å². The summed E-state index contributed by atoms with van der Waals surface area (Å²) in [4.78, 5) is 18.8. The summed E-state index contributed by atoms with van der Waals surface area (Å²) in [7, 11) is 1.50. The smallest absolute Gasteiger partial charge is 0.220 e. The lowest BCUT2D eigenvalue weighted by Crippen LogP contribution is -2.16. The molecule has 0 aliphatic carbocycles. The number of thioether (sulfide) groups is 1. The van der Waals surface area contributed by atoms with Crippen LogP contribution in [0, 0.1) is 6.92 Å². The zero-order chi connectivity index (χ0) is 18.1. The third-order valence-electron chi connectivity index (χ3n) is 4.17. The maximum Gasteiger partial charge on any atom is 0.220 e. The predicted molar refractivity (Wildman–Crippen MR) is 98.1 cm³/mol. The number of ketones is 1. The highest BCUT2D eigenvalue weighted by Gasteiger charge is 2.28. The standard InChI is InChI=1S/C17H18ClN3O3S/c1-4-21-17(23)11(8-19-21)15(22)10-7-12(18)16-14(9(10)2)13(20-24-3)5-6-25-16/h7-8,23H,4-6H2,1-3H3/b20-13+. The molecule has 2 heterocycles. The molecule has 0 saturated heterocycles. The quantitative estimate of drug-likeness (QED) is 0.648. The van der Waals surface area contributed by atoms with E-state index in [2.05, 4.69) is 10.3 Å². The summed E-state index contributed by atoms with van der Waals surface area (Å²) in [5, 5.41) is 18.8. The van der Waals surface area contributed by atoms with Gasteiger partial charge in [-0.1, -0.05) is 16.8 Å². The highest BCUT2D eigenvalue weighted by molar-refractivity contribution is 7.99. The number of benzene rings is 1. The average molecular weight is 380 g/mol. The van der Waals surface area contributed by atoms with Crippen LogP contribution in [0.3, 0.4) is 0 Å². The van der Waals surface area contributed by atoms with Crippen molar-refractivity contribution in [3.05, 3.63) is 39.5 Å². The zero-order valence-corrected chi connectivity index (χ0v) is 15.7. The van der Waals surface area contributed by atoms with E-state index in [1.165, 1.54) is 18.0 Å². The lowest BCUT2D eigenvalue weighted by Gasteiger charge is -2.22. The molecule has 1 aromatic carbocycles. The summed E-state index contributed by atoms with van der Waals surface area (Å²) < 4.78 is 1.37. The Labute approximate surface area is 154 Å². The summed E-state index contributed by atoms with van der Waals surface area (Å²) in [5.74, 6) is 0.402. The number of aromatic nitrogens is 2. The van der Waals surface area contributed by atoms with E-state index in [9.17, 15) is 9.90 Å². The molecule has 2 aromatic rings. The Morgan fingerprint density at radius 2 is 2.28 bits per heavy atom. The number of rotatable bonds is 4.